The fourth-order valence-electron chi connectivity index (χ4n) is 0.914. The second kappa shape index (κ2) is 5.41. The van der Waals surface area contributed by atoms with Crippen molar-refractivity contribution < 1.29 is 0 Å². The van der Waals surface area contributed by atoms with Gasteiger partial charge in [-0.25, -0.2) is 0 Å². The first-order valence-corrected chi connectivity index (χ1v) is 3.22. The molecule has 57 valence electrons. The zero-order chi connectivity index (χ0) is 8.97. The van der Waals surface area contributed by atoms with Gasteiger partial charge in [-0.1, -0.05) is 0 Å². The Hall–Kier alpha value is -1.25. The molecule has 1 heterocycles. The number of rotatable bonds is 0. The van der Waals surface area contributed by atoms with Gasteiger partial charge in [0.15, 0.2) is 5.57 Å². The van der Waals surface area contributed by atoms with E-state index >= 15 is 0 Å². The normalized spacial score (nSPS) is 12.4. The smallest absolute Gasteiger partial charge is 0.154 e. The topological polar surface area (TPSA) is 83.4 Å². The van der Waals surface area contributed by atoms with E-state index < -0.39 is 0 Å². The van der Waals surface area contributed by atoms with Crippen LogP contribution in [0.4, 0.5) is 0 Å². The largest absolute Gasteiger partial charge is 0.379 e. The molecule has 1 radical (unpaired) electrons. The van der Waals surface area contributed by atoms with Crippen LogP contribution in [0.5, 0.6) is 0 Å². The Balaban J connectivity index is 0.00000144. The number of nitrogens with zero attached hydrogens (tertiary/aromatic N) is 3. The minimum absolute atomic E-state index is 0. The summed E-state index contributed by atoms with van der Waals surface area (Å²) in [4.78, 5) is 0. The van der Waals surface area contributed by atoms with Gasteiger partial charge in [-0.3, -0.25) is 0 Å². The second-order valence-electron chi connectivity index (χ2n) is 2.08. The van der Waals surface area contributed by atoms with Crippen LogP contribution in [-0.2, 0) is 0 Å². The second-order valence-corrected chi connectivity index (χ2v) is 2.08. The molecule has 0 spiro atoms. The summed E-state index contributed by atoms with van der Waals surface area (Å²) in [6, 6.07) is 5.35. The van der Waals surface area contributed by atoms with Crippen LogP contribution in [-0.4, -0.2) is 36.1 Å². The van der Waals surface area contributed by atoms with E-state index in [4.69, 9.17) is 15.8 Å². The van der Waals surface area contributed by atoms with Gasteiger partial charge in [0.1, 0.15) is 18.2 Å². The van der Waals surface area contributed by atoms with Crippen LogP contribution in [0, 0.1) is 34.0 Å². The van der Waals surface area contributed by atoms with Crippen LogP contribution >= 0.6 is 0 Å². The predicted molar refractivity (Wildman–Crippen MR) is 45.7 cm³/mol. The van der Waals surface area contributed by atoms with Crippen molar-refractivity contribution in [2.75, 3.05) is 6.54 Å². The molecule has 0 aromatic heterocycles. The van der Waals surface area contributed by atoms with Crippen molar-refractivity contribution in [3.63, 3.8) is 0 Å². The molecule has 4 nitrogen and oxygen atoms in total. The quantitative estimate of drug-likeness (QED) is 0.417. The van der Waals surface area contributed by atoms with Gasteiger partial charge in [0.2, 0.25) is 0 Å². The molecular formula is C8H4N4Na. The molecular weight excluding hydrogens is 175 g/mol. The van der Waals surface area contributed by atoms with E-state index in [1.807, 2.05) is 6.07 Å². The first-order chi connectivity index (χ1) is 5.83. The number of hydrogen-bond donors (Lipinski definition) is 1. The molecule has 1 rings (SSSR count). The van der Waals surface area contributed by atoms with Crippen LogP contribution < -0.4 is 5.32 Å². The number of nitrogens with one attached hydrogen (secondary N) is 1. The monoisotopic (exact) mass is 179 g/mol. The van der Waals surface area contributed by atoms with Gasteiger partial charge in [-0.15, -0.1) is 0 Å². The summed E-state index contributed by atoms with van der Waals surface area (Å²) >= 11 is 0. The Morgan fingerprint density at radius 1 is 1.31 bits per heavy atom. The van der Waals surface area contributed by atoms with Crippen molar-refractivity contribution in [3.8, 4) is 18.2 Å². The van der Waals surface area contributed by atoms with Gasteiger partial charge >= 0.3 is 0 Å². The Morgan fingerprint density at radius 3 is 2.38 bits per heavy atom. The summed E-state index contributed by atoms with van der Waals surface area (Å²) in [6.07, 6.45) is 1.64. The molecule has 0 aromatic carbocycles. The predicted octanol–water partition coefficient (Wildman–Crippen LogP) is -0.0400. The molecule has 0 saturated carbocycles. The van der Waals surface area contributed by atoms with Gasteiger partial charge in [-0.05, 0) is 6.08 Å². The van der Waals surface area contributed by atoms with E-state index in [0.717, 1.165) is 0 Å². The Kier molecular flexibility index (Phi) is 4.89. The van der Waals surface area contributed by atoms with Crippen LogP contribution in [0.15, 0.2) is 22.9 Å². The molecule has 0 unspecified atom stereocenters. The summed E-state index contributed by atoms with van der Waals surface area (Å²) in [6.45, 7) is 0.505. The molecule has 1 aliphatic rings. The van der Waals surface area contributed by atoms with Crippen molar-refractivity contribution in [1.82, 2.24) is 5.32 Å². The number of nitriles is 3. The molecule has 0 fully saturated rings. The summed E-state index contributed by atoms with van der Waals surface area (Å²) in [7, 11) is 0. The van der Waals surface area contributed by atoms with E-state index in [-0.39, 0.29) is 35.1 Å². The Labute approximate surface area is 98.0 Å². The third-order valence-electron chi connectivity index (χ3n) is 1.45. The van der Waals surface area contributed by atoms with E-state index in [0.29, 0.717) is 17.8 Å². The summed E-state index contributed by atoms with van der Waals surface area (Å²) in [5, 5.41) is 28.3. The minimum Gasteiger partial charge on any atom is -0.379 e. The van der Waals surface area contributed by atoms with E-state index in [2.05, 4.69) is 5.32 Å². The van der Waals surface area contributed by atoms with Crippen molar-refractivity contribution in [2.24, 2.45) is 0 Å². The van der Waals surface area contributed by atoms with E-state index in [1.165, 1.54) is 0 Å². The summed E-state index contributed by atoms with van der Waals surface area (Å²) in [5.74, 6) is 0. The molecule has 13 heavy (non-hydrogen) atoms. The molecule has 0 aromatic rings. The first-order valence-electron chi connectivity index (χ1n) is 3.22. The fourth-order valence-corrected chi connectivity index (χ4v) is 0.914. The van der Waals surface area contributed by atoms with Crippen LogP contribution in [0.25, 0.3) is 0 Å². The molecule has 5 heteroatoms. The van der Waals surface area contributed by atoms with Crippen LogP contribution in [0.3, 0.4) is 0 Å². The van der Waals surface area contributed by atoms with Gasteiger partial charge in [-0.2, -0.15) is 15.8 Å². The first kappa shape index (κ1) is 11.8. The Morgan fingerprint density at radius 2 is 1.92 bits per heavy atom. The van der Waals surface area contributed by atoms with Gasteiger partial charge < -0.3 is 5.32 Å². The molecule has 0 aliphatic carbocycles. The van der Waals surface area contributed by atoms with Crippen molar-refractivity contribution in [2.45, 2.75) is 0 Å². The molecule has 0 saturated heterocycles. The zero-order valence-corrected chi connectivity index (χ0v) is 9.13. The fraction of sp³-hybridized carbons (Fsp3) is 0.125. The number of hydrogen-bond acceptors (Lipinski definition) is 4. The molecule has 1 aliphatic heterocycles. The van der Waals surface area contributed by atoms with Crippen LogP contribution in [0.1, 0.15) is 0 Å². The Bertz CT molecular complexity index is 370. The van der Waals surface area contributed by atoms with Crippen molar-refractivity contribution >= 4 is 29.6 Å². The minimum atomic E-state index is -0.0414. The summed E-state index contributed by atoms with van der Waals surface area (Å²) < 4.78 is 0. The van der Waals surface area contributed by atoms with Gasteiger partial charge in [0.05, 0.1) is 11.3 Å². The third-order valence-corrected chi connectivity index (χ3v) is 1.45. The average Bonchev–Trinajstić information content (AvgIpc) is 2.55. The van der Waals surface area contributed by atoms with Crippen molar-refractivity contribution in [3.05, 3.63) is 22.9 Å². The molecule has 0 atom stereocenters. The van der Waals surface area contributed by atoms with Crippen molar-refractivity contribution in [1.29, 1.82) is 15.8 Å². The van der Waals surface area contributed by atoms with E-state index in [1.54, 1.807) is 18.2 Å². The average molecular weight is 179 g/mol. The molecule has 1 N–H and O–H groups in total. The van der Waals surface area contributed by atoms with Crippen LogP contribution in [0.2, 0.25) is 0 Å². The van der Waals surface area contributed by atoms with E-state index in [9.17, 15) is 0 Å². The standard InChI is InChI=1S/C8H4N4.Na/c9-3-6-1-2-12-8(6)7(4-10)5-11;/h1,12H,2H2;. The van der Waals surface area contributed by atoms with Gasteiger partial charge in [0.25, 0.3) is 0 Å². The third kappa shape index (κ3) is 2.34. The SMILES string of the molecule is N#CC1=CCNC1=C(C#N)C#N.[Na]. The number of allylic oxidation sites excluding steroid dienone is 2. The summed E-state index contributed by atoms with van der Waals surface area (Å²) in [5.41, 5.74) is 0.677. The maximum Gasteiger partial charge on any atom is 0.154 e. The maximum atomic E-state index is 8.57. The molecule has 0 bridgehead atoms. The maximum absolute atomic E-state index is 8.57. The van der Waals surface area contributed by atoms with Gasteiger partial charge in [0, 0.05) is 36.1 Å². The molecule has 0 amide bonds. The zero-order valence-electron chi connectivity index (χ0n) is 7.13.